The van der Waals surface area contributed by atoms with Crippen molar-refractivity contribution in [2.45, 2.75) is 43.5 Å². The van der Waals surface area contributed by atoms with Crippen molar-refractivity contribution in [3.63, 3.8) is 0 Å². The molecule has 0 aromatic carbocycles. The molecule has 2 aliphatic carbocycles. The lowest BCUT2D eigenvalue weighted by atomic mass is 10.2. The van der Waals surface area contributed by atoms with Crippen molar-refractivity contribution in [3.05, 3.63) is 35.4 Å². The number of halogens is 1. The van der Waals surface area contributed by atoms with E-state index >= 15 is 0 Å². The van der Waals surface area contributed by atoms with Crippen LogP contribution in [-0.2, 0) is 14.8 Å². The molecule has 0 aliphatic heterocycles. The van der Waals surface area contributed by atoms with Crippen molar-refractivity contribution in [1.29, 1.82) is 0 Å². The van der Waals surface area contributed by atoms with E-state index in [1.165, 1.54) is 47.0 Å². The highest BCUT2D eigenvalue weighted by Gasteiger charge is 2.65. The molecule has 1 N–H and O–H groups in total. The Balaban J connectivity index is 1.55. The van der Waals surface area contributed by atoms with Gasteiger partial charge in [0.2, 0.25) is 27.7 Å². The molecule has 3 heterocycles. The maximum Gasteiger partial charge on any atom is 0.245 e. The minimum Gasteiger partial charge on any atom is -0.479 e. The monoisotopic (exact) mass is 536 g/mol. The first kappa shape index (κ1) is 24.6. The summed E-state index contributed by atoms with van der Waals surface area (Å²) in [6.07, 6.45) is 6.22. The van der Waals surface area contributed by atoms with Crippen LogP contribution in [0.5, 0.6) is 11.8 Å². The molecule has 5 rings (SSSR count). The largest absolute Gasteiger partial charge is 0.479 e. The van der Waals surface area contributed by atoms with Crippen molar-refractivity contribution in [1.82, 2.24) is 34.7 Å². The Morgan fingerprint density at radius 1 is 1.08 bits per heavy atom. The molecule has 36 heavy (non-hydrogen) atoms. The van der Waals surface area contributed by atoms with E-state index < -0.39 is 21.4 Å². The number of anilines is 1. The Labute approximate surface area is 212 Å². The van der Waals surface area contributed by atoms with Gasteiger partial charge in [-0.3, -0.25) is 9.29 Å². The average molecular weight is 537 g/mol. The third-order valence-corrected chi connectivity index (χ3v) is 8.63. The summed E-state index contributed by atoms with van der Waals surface area (Å²) >= 11 is 5.87. The zero-order chi connectivity index (χ0) is 25.7. The molecule has 0 bridgehead atoms. The van der Waals surface area contributed by atoms with Crippen LogP contribution in [0.4, 0.5) is 5.95 Å². The van der Waals surface area contributed by atoms with Gasteiger partial charge in [0, 0.05) is 25.4 Å². The summed E-state index contributed by atoms with van der Waals surface area (Å²) in [5, 5.41) is 7.78. The fraction of sp³-hybridized carbons (Fsp3) is 0.524. The summed E-state index contributed by atoms with van der Waals surface area (Å²) in [5.74, 6) is 1.23. The number of ether oxygens (including phenoxy) is 3. The minimum absolute atomic E-state index is 0.0437. The Hall–Kier alpha value is -3.10. The molecule has 2 saturated carbocycles. The van der Waals surface area contributed by atoms with Crippen LogP contribution in [0.1, 0.15) is 49.9 Å². The van der Waals surface area contributed by atoms with E-state index in [-0.39, 0.29) is 34.9 Å². The molecule has 3 aromatic rings. The number of rotatable bonds is 10. The summed E-state index contributed by atoms with van der Waals surface area (Å²) in [6.45, 7) is 1.49. The Morgan fingerprint density at radius 3 is 2.25 bits per heavy atom. The highest BCUT2D eigenvalue weighted by Crippen LogP contribution is 2.74. The van der Waals surface area contributed by atoms with E-state index in [0.29, 0.717) is 16.5 Å². The van der Waals surface area contributed by atoms with Gasteiger partial charge in [0.15, 0.2) is 11.5 Å². The van der Waals surface area contributed by atoms with E-state index in [4.69, 9.17) is 25.8 Å². The Bertz CT molecular complexity index is 1360. The molecule has 2 fully saturated rings. The maximum atomic E-state index is 13.5. The predicted octanol–water partition coefficient (Wildman–Crippen LogP) is 2.30. The number of methoxy groups -OCH3 is 3. The van der Waals surface area contributed by atoms with Crippen molar-refractivity contribution >= 4 is 27.6 Å². The highest BCUT2D eigenvalue weighted by atomic mass is 35.5. The van der Waals surface area contributed by atoms with Gasteiger partial charge in [-0.25, -0.2) is 18.4 Å². The quantitative estimate of drug-likeness (QED) is 0.405. The summed E-state index contributed by atoms with van der Waals surface area (Å²) in [7, 11) is 0.201. The van der Waals surface area contributed by atoms with E-state index in [0.717, 1.165) is 19.3 Å². The Morgan fingerprint density at radius 2 is 1.72 bits per heavy atom. The third-order valence-electron chi connectivity index (χ3n) is 6.75. The SMILES string of the molecule is COc1ncnc(OC)c1-n1c(NS(=O)(=O)[C@@H](C)[C@H](OC)c2ncc(Cl)cn2)nnc1[C@@H]1CC12CC2. The van der Waals surface area contributed by atoms with Gasteiger partial charge < -0.3 is 14.2 Å². The smallest absolute Gasteiger partial charge is 0.245 e. The van der Waals surface area contributed by atoms with Gasteiger partial charge >= 0.3 is 0 Å². The van der Waals surface area contributed by atoms with E-state index in [1.807, 2.05) is 0 Å². The lowest BCUT2D eigenvalue weighted by molar-refractivity contribution is 0.0950. The van der Waals surface area contributed by atoms with Crippen molar-refractivity contribution in [3.8, 4) is 17.4 Å². The van der Waals surface area contributed by atoms with Gasteiger partial charge in [-0.2, -0.15) is 9.97 Å². The topological polar surface area (TPSA) is 156 Å². The molecule has 0 saturated heterocycles. The number of nitrogens with one attached hydrogen (secondary N) is 1. The number of hydrogen-bond acceptors (Lipinski definition) is 11. The second-order valence-electron chi connectivity index (χ2n) is 8.85. The standard InChI is InChI=1S/C21H25ClN8O5S/c1-11(15(33-2)16-23-8-12(22)9-24-16)36(31,32)29-20-28-27-17(13-7-21(13)5-6-21)30(20)14-18(34-3)25-10-26-19(14)35-4/h8-11,13,15H,5-7H2,1-4H3,(H,28,29)/t11-,13-,15-/m0/s1. The third kappa shape index (κ3) is 4.22. The van der Waals surface area contributed by atoms with Crippen LogP contribution in [0.3, 0.4) is 0 Å². The Kier molecular flexibility index (Phi) is 6.21. The minimum atomic E-state index is -4.09. The van der Waals surface area contributed by atoms with E-state index in [2.05, 4.69) is 34.9 Å². The van der Waals surface area contributed by atoms with E-state index in [1.54, 1.807) is 4.57 Å². The van der Waals surface area contributed by atoms with Gasteiger partial charge in [0.1, 0.15) is 23.5 Å². The fourth-order valence-electron chi connectivity index (χ4n) is 4.43. The van der Waals surface area contributed by atoms with Crippen LogP contribution in [0, 0.1) is 5.41 Å². The van der Waals surface area contributed by atoms with Gasteiger partial charge in [0.05, 0.1) is 19.2 Å². The number of hydrogen-bond donors (Lipinski definition) is 1. The summed E-state index contributed by atoms with van der Waals surface area (Å²) in [4.78, 5) is 16.6. The molecule has 3 atom stereocenters. The maximum absolute atomic E-state index is 13.5. The molecule has 3 aromatic heterocycles. The van der Waals surface area contributed by atoms with Crippen LogP contribution in [0.15, 0.2) is 18.7 Å². The number of sulfonamides is 1. The molecule has 0 unspecified atom stereocenters. The molecule has 0 amide bonds. The average Bonchev–Trinajstić information content (AvgIpc) is 3.77. The van der Waals surface area contributed by atoms with Crippen LogP contribution in [-0.4, -0.2) is 69.7 Å². The van der Waals surface area contributed by atoms with Gasteiger partial charge in [-0.05, 0) is 31.6 Å². The molecule has 13 nitrogen and oxygen atoms in total. The first-order valence-corrected chi connectivity index (χ1v) is 13.1. The molecule has 0 radical (unpaired) electrons. The molecule has 192 valence electrons. The normalized spacial score (nSPS) is 19.5. The van der Waals surface area contributed by atoms with Crippen LogP contribution >= 0.6 is 11.6 Å². The van der Waals surface area contributed by atoms with Gasteiger partial charge in [0.25, 0.3) is 0 Å². The summed E-state index contributed by atoms with van der Waals surface area (Å²) in [6, 6.07) is 0. The second-order valence-corrected chi connectivity index (χ2v) is 11.3. The van der Waals surface area contributed by atoms with Gasteiger partial charge in [-0.1, -0.05) is 11.6 Å². The predicted molar refractivity (Wildman–Crippen MR) is 128 cm³/mol. The molecular formula is C21H25ClN8O5S. The lowest BCUT2D eigenvalue weighted by Gasteiger charge is -2.22. The van der Waals surface area contributed by atoms with E-state index in [9.17, 15) is 8.42 Å². The van der Waals surface area contributed by atoms with Gasteiger partial charge in [-0.15, -0.1) is 10.2 Å². The van der Waals surface area contributed by atoms with Crippen LogP contribution in [0.2, 0.25) is 5.02 Å². The zero-order valence-electron chi connectivity index (χ0n) is 20.0. The van der Waals surface area contributed by atoms with Crippen molar-refractivity contribution in [2.24, 2.45) is 5.41 Å². The van der Waals surface area contributed by atoms with Crippen molar-refractivity contribution < 1.29 is 22.6 Å². The molecular weight excluding hydrogens is 512 g/mol. The zero-order valence-corrected chi connectivity index (χ0v) is 21.6. The van der Waals surface area contributed by atoms with Crippen LogP contribution in [0.25, 0.3) is 5.69 Å². The van der Waals surface area contributed by atoms with Crippen LogP contribution < -0.4 is 14.2 Å². The molecule has 2 aliphatic rings. The number of aromatic nitrogens is 7. The fourth-order valence-corrected chi connectivity index (χ4v) is 5.66. The molecule has 15 heteroatoms. The number of nitrogens with zero attached hydrogens (tertiary/aromatic N) is 7. The van der Waals surface area contributed by atoms with Crippen molar-refractivity contribution in [2.75, 3.05) is 26.1 Å². The molecule has 1 spiro atoms. The first-order valence-electron chi connectivity index (χ1n) is 11.1. The first-order chi connectivity index (χ1) is 17.2. The highest BCUT2D eigenvalue weighted by molar-refractivity contribution is 7.93. The lowest BCUT2D eigenvalue weighted by Crippen LogP contribution is -2.33. The summed E-state index contributed by atoms with van der Waals surface area (Å²) in [5.41, 5.74) is 0.511. The second kappa shape index (κ2) is 9.09. The summed E-state index contributed by atoms with van der Waals surface area (Å²) < 4.78 is 47.5.